The molecule has 0 radical (unpaired) electrons. The molecule has 0 aromatic carbocycles. The van der Waals surface area contributed by atoms with Gasteiger partial charge in [0.25, 0.3) is 0 Å². The molecule has 0 rings (SSSR count). The second-order valence-corrected chi connectivity index (χ2v) is 1.96. The van der Waals surface area contributed by atoms with Crippen LogP contribution in [-0.2, 0) is 9.53 Å². The Morgan fingerprint density at radius 1 is 1.64 bits per heavy atom. The van der Waals surface area contributed by atoms with Gasteiger partial charge in [-0.2, -0.15) is 8.78 Å². The van der Waals surface area contributed by atoms with Crippen LogP contribution in [0.3, 0.4) is 0 Å². The normalized spacial score (nSPS) is 11.3. The highest BCUT2D eigenvalue weighted by Gasteiger charge is 2.39. The minimum absolute atomic E-state index is 0.0296. The van der Waals surface area contributed by atoms with Crippen molar-refractivity contribution in [1.29, 1.82) is 0 Å². The first-order chi connectivity index (χ1) is 5.04. The molecule has 0 bridgehead atoms. The molecule has 0 fully saturated rings. The summed E-state index contributed by atoms with van der Waals surface area (Å²) in [6.45, 7) is 0.761. The van der Waals surface area contributed by atoms with Crippen molar-refractivity contribution in [1.82, 2.24) is 5.32 Å². The summed E-state index contributed by atoms with van der Waals surface area (Å²) < 4.78 is 29.1. The molecule has 0 aliphatic heterocycles. The molecule has 0 atom stereocenters. The lowest BCUT2D eigenvalue weighted by atomic mass is 10.3. The summed E-state index contributed by atoms with van der Waals surface area (Å²) in [6.07, 6.45) is 0. The molecule has 0 heterocycles. The summed E-state index contributed by atoms with van der Waals surface area (Å²) in [5.41, 5.74) is 0. The highest BCUT2D eigenvalue weighted by Crippen LogP contribution is 2.13. The van der Waals surface area contributed by atoms with Crippen LogP contribution in [0.5, 0.6) is 0 Å². The molecule has 0 unspecified atom stereocenters. The number of hydrogen-bond donors (Lipinski definition) is 1. The van der Waals surface area contributed by atoms with Crippen LogP contribution in [0.1, 0.15) is 6.92 Å². The van der Waals surface area contributed by atoms with Crippen molar-refractivity contribution >= 4 is 5.97 Å². The zero-order valence-corrected chi connectivity index (χ0v) is 6.49. The van der Waals surface area contributed by atoms with E-state index in [4.69, 9.17) is 0 Å². The average molecular weight is 167 g/mol. The van der Waals surface area contributed by atoms with Gasteiger partial charge in [-0.25, -0.2) is 4.79 Å². The van der Waals surface area contributed by atoms with Gasteiger partial charge in [0.05, 0.1) is 13.2 Å². The molecular weight excluding hydrogens is 156 g/mol. The quantitative estimate of drug-likeness (QED) is 0.616. The van der Waals surface area contributed by atoms with Crippen LogP contribution in [-0.4, -0.2) is 32.1 Å². The Bertz CT molecular complexity index is 139. The first-order valence-electron chi connectivity index (χ1n) is 3.24. The molecule has 3 nitrogen and oxygen atoms in total. The number of halogens is 2. The van der Waals surface area contributed by atoms with E-state index in [1.54, 1.807) is 0 Å². The third-order valence-corrected chi connectivity index (χ3v) is 0.973. The maximum absolute atomic E-state index is 12.5. The van der Waals surface area contributed by atoms with Crippen LogP contribution < -0.4 is 5.32 Å². The smallest absolute Gasteiger partial charge is 0.378 e. The maximum atomic E-state index is 12.5. The summed E-state index contributed by atoms with van der Waals surface area (Å²) in [7, 11) is 1.34. The molecule has 66 valence electrons. The summed E-state index contributed by atoms with van der Waals surface area (Å²) in [5.74, 6) is -4.89. The van der Waals surface area contributed by atoms with Crippen LogP contribution in [0, 0.1) is 0 Å². The molecule has 0 aliphatic carbocycles. The van der Waals surface area contributed by atoms with Gasteiger partial charge in [-0.15, -0.1) is 0 Å². The van der Waals surface area contributed by atoms with Gasteiger partial charge < -0.3 is 10.1 Å². The van der Waals surface area contributed by atoms with Crippen LogP contribution in [0.25, 0.3) is 0 Å². The molecule has 11 heavy (non-hydrogen) atoms. The standard InChI is InChI=1S/C6H11F2NO2/c1-3-11-5(10)6(7,8)4-9-2/h9H,3-4H2,1-2H3. The molecule has 0 aromatic heterocycles. The van der Waals surface area contributed by atoms with Crippen LogP contribution in [0.15, 0.2) is 0 Å². The monoisotopic (exact) mass is 167 g/mol. The fourth-order valence-corrected chi connectivity index (χ4v) is 0.531. The minimum Gasteiger partial charge on any atom is -0.462 e. The van der Waals surface area contributed by atoms with Crippen LogP contribution in [0.4, 0.5) is 8.78 Å². The van der Waals surface area contributed by atoms with Gasteiger partial charge in [-0.3, -0.25) is 0 Å². The summed E-state index contributed by atoms with van der Waals surface area (Å²) in [6, 6.07) is 0. The zero-order valence-electron chi connectivity index (χ0n) is 6.49. The van der Waals surface area contributed by atoms with Crippen molar-refractivity contribution < 1.29 is 18.3 Å². The SMILES string of the molecule is CCOC(=O)C(F)(F)CNC. The Labute approximate surface area is 63.7 Å². The zero-order chi connectivity index (χ0) is 8.91. The predicted molar refractivity (Wildman–Crippen MR) is 35.5 cm³/mol. The van der Waals surface area contributed by atoms with Gasteiger partial charge in [0.1, 0.15) is 0 Å². The van der Waals surface area contributed by atoms with Crippen LogP contribution >= 0.6 is 0 Å². The summed E-state index contributed by atoms with van der Waals surface area (Å²) in [4.78, 5) is 10.4. The Hall–Kier alpha value is -0.710. The molecule has 5 heteroatoms. The molecular formula is C6H11F2NO2. The average Bonchev–Trinajstić information content (AvgIpc) is 1.88. The van der Waals surface area contributed by atoms with Crippen molar-refractivity contribution in [2.24, 2.45) is 0 Å². The van der Waals surface area contributed by atoms with E-state index in [0.717, 1.165) is 0 Å². The second kappa shape index (κ2) is 4.23. The lowest BCUT2D eigenvalue weighted by Gasteiger charge is -2.13. The number of alkyl halides is 2. The Balaban J connectivity index is 3.94. The van der Waals surface area contributed by atoms with Gasteiger partial charge in [-0.05, 0) is 14.0 Å². The number of ether oxygens (including phenoxy) is 1. The van der Waals surface area contributed by atoms with Crippen molar-refractivity contribution in [2.75, 3.05) is 20.2 Å². The highest BCUT2D eigenvalue weighted by molar-refractivity contribution is 5.77. The maximum Gasteiger partial charge on any atom is 0.378 e. The molecule has 0 amide bonds. The van der Waals surface area contributed by atoms with E-state index in [1.165, 1.54) is 14.0 Å². The second-order valence-electron chi connectivity index (χ2n) is 1.96. The molecule has 1 N–H and O–H groups in total. The third-order valence-electron chi connectivity index (χ3n) is 0.973. The third kappa shape index (κ3) is 3.27. The predicted octanol–water partition coefficient (Wildman–Crippen LogP) is 0.404. The van der Waals surface area contributed by atoms with E-state index in [-0.39, 0.29) is 6.61 Å². The number of hydrogen-bond acceptors (Lipinski definition) is 3. The number of esters is 1. The fourth-order valence-electron chi connectivity index (χ4n) is 0.531. The molecule has 0 aromatic rings. The van der Waals surface area contributed by atoms with Crippen molar-refractivity contribution in [3.63, 3.8) is 0 Å². The van der Waals surface area contributed by atoms with Crippen molar-refractivity contribution in [3.05, 3.63) is 0 Å². The van der Waals surface area contributed by atoms with Gasteiger partial charge >= 0.3 is 11.9 Å². The van der Waals surface area contributed by atoms with E-state index in [2.05, 4.69) is 10.1 Å². The van der Waals surface area contributed by atoms with Crippen molar-refractivity contribution in [3.8, 4) is 0 Å². The van der Waals surface area contributed by atoms with Crippen molar-refractivity contribution in [2.45, 2.75) is 12.8 Å². The van der Waals surface area contributed by atoms with Gasteiger partial charge in [0.15, 0.2) is 0 Å². The lowest BCUT2D eigenvalue weighted by molar-refractivity contribution is -0.170. The van der Waals surface area contributed by atoms with E-state index < -0.39 is 18.4 Å². The molecule has 0 spiro atoms. The van der Waals surface area contributed by atoms with E-state index in [9.17, 15) is 13.6 Å². The fraction of sp³-hybridized carbons (Fsp3) is 0.833. The molecule has 0 saturated carbocycles. The largest absolute Gasteiger partial charge is 0.462 e. The number of carbonyl (C=O) groups is 1. The Morgan fingerprint density at radius 2 is 2.18 bits per heavy atom. The first kappa shape index (κ1) is 10.3. The molecule has 0 aliphatic rings. The highest BCUT2D eigenvalue weighted by atomic mass is 19.3. The number of nitrogens with one attached hydrogen (secondary N) is 1. The first-order valence-corrected chi connectivity index (χ1v) is 3.24. The van der Waals surface area contributed by atoms with Crippen LogP contribution in [0.2, 0.25) is 0 Å². The summed E-state index contributed by atoms with van der Waals surface area (Å²) in [5, 5.41) is 2.20. The lowest BCUT2D eigenvalue weighted by Crippen LogP contribution is -2.39. The number of rotatable bonds is 4. The van der Waals surface area contributed by atoms with Gasteiger partial charge in [0, 0.05) is 0 Å². The van der Waals surface area contributed by atoms with Gasteiger partial charge in [-0.1, -0.05) is 0 Å². The van der Waals surface area contributed by atoms with E-state index >= 15 is 0 Å². The van der Waals surface area contributed by atoms with Gasteiger partial charge in [0.2, 0.25) is 0 Å². The number of carbonyl (C=O) groups excluding carboxylic acids is 1. The Kier molecular flexibility index (Phi) is 3.95. The molecule has 0 saturated heterocycles. The topological polar surface area (TPSA) is 38.3 Å². The van der Waals surface area contributed by atoms with E-state index in [0.29, 0.717) is 0 Å². The Morgan fingerprint density at radius 3 is 2.55 bits per heavy atom. The summed E-state index contributed by atoms with van der Waals surface area (Å²) >= 11 is 0. The minimum atomic E-state index is -3.41. The van der Waals surface area contributed by atoms with E-state index in [1.807, 2.05) is 0 Å².